The number of nitrogens with one attached hydrogen (secondary N) is 1. The number of hydrogen-bond acceptors (Lipinski definition) is 3. The highest BCUT2D eigenvalue weighted by atomic mass is 16.5. The highest BCUT2D eigenvalue weighted by Gasteiger charge is 2.08. The maximum Gasteiger partial charge on any atom is 0.145 e. The van der Waals surface area contributed by atoms with Gasteiger partial charge in [-0.05, 0) is 6.08 Å². The van der Waals surface area contributed by atoms with Crippen molar-refractivity contribution < 1.29 is 4.74 Å². The monoisotopic (exact) mass is 113 g/mol. The van der Waals surface area contributed by atoms with E-state index in [0.29, 0.717) is 0 Å². The lowest BCUT2D eigenvalue weighted by molar-refractivity contribution is 0.0792. The van der Waals surface area contributed by atoms with E-state index >= 15 is 0 Å². The minimum absolute atomic E-state index is 0.0139. The van der Waals surface area contributed by atoms with Crippen LogP contribution in [0.25, 0.3) is 0 Å². The Morgan fingerprint density at radius 1 is 1.88 bits per heavy atom. The molecule has 0 fully saturated rings. The molecule has 3 nitrogen and oxygen atoms in total. The van der Waals surface area contributed by atoms with Crippen molar-refractivity contribution in [2.75, 3.05) is 14.2 Å². The Hall–Kier alpha value is -0.540. The van der Waals surface area contributed by atoms with Crippen LogP contribution in [0.4, 0.5) is 0 Å². The van der Waals surface area contributed by atoms with E-state index in [9.17, 15) is 0 Å². The second kappa shape index (κ2) is 2.15. The lowest BCUT2D eigenvalue weighted by Gasteiger charge is -2.11. The Morgan fingerprint density at radius 2 is 2.62 bits per heavy atom. The van der Waals surface area contributed by atoms with Crippen molar-refractivity contribution in [3.8, 4) is 0 Å². The van der Waals surface area contributed by atoms with Crippen LogP contribution < -0.4 is 5.43 Å². The quantitative estimate of drug-likeness (QED) is 0.506. The summed E-state index contributed by atoms with van der Waals surface area (Å²) in [4.78, 5) is 0. The number of rotatable bonds is 1. The molecule has 0 bridgehead atoms. The number of nitrogens with zero attached hydrogens (tertiary/aromatic N) is 1. The van der Waals surface area contributed by atoms with Crippen molar-refractivity contribution in [2.24, 2.45) is 0 Å². The molecule has 0 aromatic carbocycles. The van der Waals surface area contributed by atoms with Crippen LogP contribution >= 0.6 is 0 Å². The zero-order chi connectivity index (χ0) is 5.98. The summed E-state index contributed by atoms with van der Waals surface area (Å²) < 4.78 is 4.91. The van der Waals surface area contributed by atoms with Gasteiger partial charge in [-0.1, -0.05) is 0 Å². The molecule has 1 radical (unpaired) electrons. The van der Waals surface area contributed by atoms with Gasteiger partial charge >= 0.3 is 0 Å². The molecule has 0 amide bonds. The third-order valence-corrected chi connectivity index (χ3v) is 0.994. The summed E-state index contributed by atoms with van der Waals surface area (Å²) in [5.41, 5.74) is 2.95. The average Bonchev–Trinajstić information content (AvgIpc) is 2.14. The molecule has 0 aromatic heterocycles. The molecule has 0 saturated heterocycles. The van der Waals surface area contributed by atoms with Crippen LogP contribution in [-0.2, 0) is 4.74 Å². The number of hydrogen-bond donors (Lipinski definition) is 1. The van der Waals surface area contributed by atoms with Gasteiger partial charge in [0.15, 0.2) is 0 Å². The first-order valence-corrected chi connectivity index (χ1v) is 2.45. The standard InChI is InChI=1S/C5H9N2O/c1-7-4-3-5(6-7)8-2/h3,5-6H,1-2H3. The van der Waals surface area contributed by atoms with Gasteiger partial charge in [-0.3, -0.25) is 0 Å². The fraction of sp³-hybridized carbons (Fsp3) is 0.600. The van der Waals surface area contributed by atoms with Crippen LogP contribution in [0.1, 0.15) is 0 Å². The van der Waals surface area contributed by atoms with Gasteiger partial charge in [0.1, 0.15) is 6.23 Å². The number of hydrazine groups is 1. The molecular weight excluding hydrogens is 104 g/mol. The largest absolute Gasteiger partial charge is 0.361 e. The van der Waals surface area contributed by atoms with E-state index in [-0.39, 0.29) is 6.23 Å². The van der Waals surface area contributed by atoms with E-state index in [4.69, 9.17) is 4.74 Å². The van der Waals surface area contributed by atoms with Gasteiger partial charge in [-0.25, -0.2) is 5.43 Å². The summed E-state index contributed by atoms with van der Waals surface area (Å²) in [5.74, 6) is 0. The first-order valence-electron chi connectivity index (χ1n) is 2.45. The Kier molecular flexibility index (Phi) is 1.50. The van der Waals surface area contributed by atoms with E-state index in [1.165, 1.54) is 0 Å². The molecule has 1 atom stereocenters. The summed E-state index contributed by atoms with van der Waals surface area (Å²) >= 11 is 0. The molecule has 0 aliphatic carbocycles. The molecule has 8 heavy (non-hydrogen) atoms. The van der Waals surface area contributed by atoms with Crippen molar-refractivity contribution in [3.63, 3.8) is 0 Å². The summed E-state index contributed by atoms with van der Waals surface area (Å²) in [6.45, 7) is 0. The van der Waals surface area contributed by atoms with Crippen LogP contribution in [0, 0.1) is 6.20 Å². The second-order valence-electron chi connectivity index (χ2n) is 1.64. The summed E-state index contributed by atoms with van der Waals surface area (Å²) in [6.07, 6.45) is 4.73. The van der Waals surface area contributed by atoms with Crippen molar-refractivity contribution in [1.29, 1.82) is 0 Å². The third-order valence-electron chi connectivity index (χ3n) is 0.994. The van der Waals surface area contributed by atoms with E-state index in [0.717, 1.165) is 0 Å². The molecular formula is C5H9N2O. The Morgan fingerprint density at radius 3 is 2.88 bits per heavy atom. The molecule has 0 spiro atoms. The molecule has 1 aliphatic heterocycles. The number of methoxy groups -OCH3 is 1. The first-order chi connectivity index (χ1) is 3.83. The van der Waals surface area contributed by atoms with Crippen LogP contribution in [0.15, 0.2) is 6.08 Å². The zero-order valence-electron chi connectivity index (χ0n) is 5.01. The molecule has 0 saturated carbocycles. The average molecular weight is 113 g/mol. The normalized spacial score (nSPS) is 27.2. The van der Waals surface area contributed by atoms with Crippen LogP contribution in [0.5, 0.6) is 0 Å². The van der Waals surface area contributed by atoms with Crippen molar-refractivity contribution in [3.05, 3.63) is 12.3 Å². The third kappa shape index (κ3) is 0.993. The van der Waals surface area contributed by atoms with Gasteiger partial charge in [0.05, 0.1) is 6.20 Å². The maximum atomic E-state index is 4.91. The zero-order valence-corrected chi connectivity index (χ0v) is 5.01. The molecule has 1 rings (SSSR count). The highest BCUT2D eigenvalue weighted by molar-refractivity contribution is 4.86. The topological polar surface area (TPSA) is 24.5 Å². The molecule has 1 N–H and O–H groups in total. The Balaban J connectivity index is 2.34. The minimum atomic E-state index is 0.0139. The molecule has 1 heterocycles. The Bertz CT molecular complexity index is 103. The Labute approximate surface area is 48.9 Å². The summed E-state index contributed by atoms with van der Waals surface area (Å²) in [5, 5.41) is 1.73. The van der Waals surface area contributed by atoms with E-state index < -0.39 is 0 Å². The van der Waals surface area contributed by atoms with Crippen LogP contribution in [-0.4, -0.2) is 25.4 Å². The van der Waals surface area contributed by atoms with Crippen molar-refractivity contribution in [1.82, 2.24) is 10.4 Å². The van der Waals surface area contributed by atoms with Gasteiger partial charge < -0.3 is 9.75 Å². The van der Waals surface area contributed by atoms with E-state index in [1.54, 1.807) is 12.1 Å². The predicted molar refractivity (Wildman–Crippen MR) is 29.5 cm³/mol. The van der Waals surface area contributed by atoms with Crippen molar-refractivity contribution >= 4 is 0 Å². The fourth-order valence-corrected chi connectivity index (χ4v) is 0.566. The molecule has 3 heteroatoms. The van der Waals surface area contributed by atoms with Crippen LogP contribution in [0.3, 0.4) is 0 Å². The van der Waals surface area contributed by atoms with Crippen LogP contribution in [0.2, 0.25) is 0 Å². The first kappa shape index (κ1) is 5.59. The second-order valence-corrected chi connectivity index (χ2v) is 1.64. The smallest absolute Gasteiger partial charge is 0.145 e. The minimum Gasteiger partial charge on any atom is -0.361 e. The van der Waals surface area contributed by atoms with Gasteiger partial charge in [0, 0.05) is 14.2 Å². The SMILES string of the molecule is COC1C=[C]N(C)N1. The molecule has 0 aromatic rings. The van der Waals surface area contributed by atoms with Gasteiger partial charge in [-0.15, -0.1) is 0 Å². The van der Waals surface area contributed by atoms with Gasteiger partial charge in [0.2, 0.25) is 0 Å². The molecule has 45 valence electrons. The van der Waals surface area contributed by atoms with E-state index in [1.807, 2.05) is 13.1 Å². The summed E-state index contributed by atoms with van der Waals surface area (Å²) in [7, 11) is 3.52. The lowest BCUT2D eigenvalue weighted by Crippen LogP contribution is -2.33. The van der Waals surface area contributed by atoms with Crippen molar-refractivity contribution in [2.45, 2.75) is 6.23 Å². The van der Waals surface area contributed by atoms with Gasteiger partial charge in [-0.2, -0.15) is 0 Å². The lowest BCUT2D eigenvalue weighted by atomic mass is 10.6. The van der Waals surface area contributed by atoms with Gasteiger partial charge in [0.25, 0.3) is 0 Å². The predicted octanol–water partition coefficient (Wildman–Crippen LogP) is -0.274. The fourth-order valence-electron chi connectivity index (χ4n) is 0.566. The maximum absolute atomic E-state index is 4.91. The highest BCUT2D eigenvalue weighted by Crippen LogP contribution is 1.96. The summed E-state index contributed by atoms with van der Waals surface area (Å²) in [6, 6.07) is 0. The molecule has 1 unspecified atom stereocenters. The molecule has 1 aliphatic rings. The number of ether oxygens (including phenoxy) is 1. The van der Waals surface area contributed by atoms with E-state index in [2.05, 4.69) is 11.6 Å².